The first-order chi connectivity index (χ1) is 14.5. The molecule has 1 atom stereocenters. The van der Waals surface area contributed by atoms with Gasteiger partial charge in [0.1, 0.15) is 0 Å². The number of carbonyl (C=O) groups is 2. The maximum Gasteiger partial charge on any atom is 0.418 e. The zero-order chi connectivity index (χ0) is 23.2. The number of likely N-dealkylation sites (N-methyl/N-ethyl adjacent to an activating group) is 1. The summed E-state index contributed by atoms with van der Waals surface area (Å²) in [5.74, 6) is -0.603. The molecule has 6 nitrogen and oxygen atoms in total. The van der Waals surface area contributed by atoms with Crippen molar-refractivity contribution in [2.75, 3.05) is 31.5 Å². The van der Waals surface area contributed by atoms with E-state index in [1.807, 2.05) is 13.8 Å². The predicted molar refractivity (Wildman–Crippen MR) is 115 cm³/mol. The first kappa shape index (κ1) is 24.5. The Hall–Kier alpha value is -2.81. The van der Waals surface area contributed by atoms with E-state index >= 15 is 0 Å². The molecule has 0 spiro atoms. The topological polar surface area (TPSA) is 87.5 Å². The number of primary amides is 1. The lowest BCUT2D eigenvalue weighted by Crippen LogP contribution is -2.38. The molecule has 4 N–H and O–H groups in total. The molecule has 9 heteroatoms. The lowest BCUT2D eigenvalue weighted by Gasteiger charge is -2.31. The second kappa shape index (κ2) is 10.00. The molecule has 0 saturated carbocycles. The molecule has 0 radical (unpaired) electrons. The number of hydrogen-bond acceptors (Lipinski definition) is 3. The molecule has 31 heavy (non-hydrogen) atoms. The van der Waals surface area contributed by atoms with Gasteiger partial charge in [0.25, 0.3) is 0 Å². The quantitative estimate of drug-likeness (QED) is 0.577. The van der Waals surface area contributed by atoms with Gasteiger partial charge in [-0.15, -0.1) is 0 Å². The molecular weight excluding hydrogens is 409 g/mol. The van der Waals surface area contributed by atoms with Gasteiger partial charge in [-0.05, 0) is 31.1 Å². The normalized spacial score (nSPS) is 18.6. The minimum Gasteiger partial charge on any atom is -0.366 e. The van der Waals surface area contributed by atoms with E-state index in [-0.39, 0.29) is 12.1 Å². The summed E-state index contributed by atoms with van der Waals surface area (Å²) >= 11 is 0. The van der Waals surface area contributed by atoms with Gasteiger partial charge in [-0.1, -0.05) is 51.1 Å². The second-order valence-electron chi connectivity index (χ2n) is 7.61. The number of benzene rings is 1. The van der Waals surface area contributed by atoms with Crippen molar-refractivity contribution in [3.8, 4) is 0 Å². The number of rotatable bonds is 8. The van der Waals surface area contributed by atoms with Crippen LogP contribution in [0.5, 0.6) is 0 Å². The molecule has 1 aliphatic rings. The molecule has 170 valence electrons. The van der Waals surface area contributed by atoms with Crippen LogP contribution in [0.25, 0.3) is 0 Å². The highest BCUT2D eigenvalue weighted by molar-refractivity contribution is 5.95. The smallest absolute Gasteiger partial charge is 0.366 e. The van der Waals surface area contributed by atoms with Crippen LogP contribution in [-0.2, 0) is 16.4 Å². The van der Waals surface area contributed by atoms with Gasteiger partial charge in [0.05, 0.1) is 11.3 Å². The van der Waals surface area contributed by atoms with Crippen LogP contribution in [0.1, 0.15) is 38.3 Å². The van der Waals surface area contributed by atoms with Crippen molar-refractivity contribution >= 4 is 17.6 Å². The Morgan fingerprint density at radius 1 is 1.23 bits per heavy atom. The minimum absolute atomic E-state index is 0.265. The molecule has 1 aromatic rings. The maximum absolute atomic E-state index is 13.7. The molecule has 0 heterocycles. The van der Waals surface area contributed by atoms with Crippen LogP contribution in [0.2, 0.25) is 0 Å². The molecule has 0 aliphatic heterocycles. The average Bonchev–Trinajstić information content (AvgIpc) is 2.70. The minimum atomic E-state index is -4.65. The third-order valence-corrected chi connectivity index (χ3v) is 5.49. The molecule has 3 amide bonds. The van der Waals surface area contributed by atoms with Crippen LogP contribution in [0.4, 0.5) is 23.7 Å². The average molecular weight is 438 g/mol. The molecule has 1 unspecified atom stereocenters. The number of nitrogens with one attached hydrogen (secondary N) is 2. The molecule has 1 aromatic carbocycles. The summed E-state index contributed by atoms with van der Waals surface area (Å²) in [6.45, 7) is 8.25. The van der Waals surface area contributed by atoms with Crippen molar-refractivity contribution in [2.24, 2.45) is 5.73 Å². The fourth-order valence-electron chi connectivity index (χ4n) is 3.54. The standard InChI is InChI=1S/C22H29F3N4O2/c1-4-29(5-2)14-13-27-20(31)28-18-16(7-6-8-17(18)22(23,24)25)21(3)11-9-15(10-12-21)19(26)30/h6-11H,4-5,12-14H2,1-3H3,(H2,26,30)(H2,27,28,31). The van der Waals surface area contributed by atoms with E-state index in [1.165, 1.54) is 12.1 Å². The largest absolute Gasteiger partial charge is 0.418 e. The van der Waals surface area contributed by atoms with Crippen LogP contribution in [0.15, 0.2) is 42.0 Å². The van der Waals surface area contributed by atoms with Gasteiger partial charge in [0.15, 0.2) is 0 Å². The van der Waals surface area contributed by atoms with Gasteiger partial charge in [0, 0.05) is 24.1 Å². The summed E-state index contributed by atoms with van der Waals surface area (Å²) < 4.78 is 41.2. The highest BCUT2D eigenvalue weighted by atomic mass is 19.4. The SMILES string of the molecule is CCN(CC)CCNC(=O)Nc1c(C(F)(F)F)cccc1C1(C)C=CC(C(N)=O)=CC1. The highest BCUT2D eigenvalue weighted by Crippen LogP contribution is 2.43. The number of para-hydroxylation sites is 1. The number of allylic oxidation sites excluding steroid dienone is 2. The third kappa shape index (κ3) is 6.10. The Labute approximate surface area is 180 Å². The van der Waals surface area contributed by atoms with Crippen LogP contribution < -0.4 is 16.4 Å². The monoisotopic (exact) mass is 438 g/mol. The number of amides is 3. The van der Waals surface area contributed by atoms with Crippen LogP contribution >= 0.6 is 0 Å². The van der Waals surface area contributed by atoms with Crippen molar-refractivity contribution in [3.05, 3.63) is 53.1 Å². The van der Waals surface area contributed by atoms with Gasteiger partial charge in [0.2, 0.25) is 5.91 Å². The Balaban J connectivity index is 2.32. The van der Waals surface area contributed by atoms with Gasteiger partial charge in [-0.25, -0.2) is 4.79 Å². The summed E-state index contributed by atoms with van der Waals surface area (Å²) in [7, 11) is 0. The molecule has 0 aromatic heterocycles. The molecule has 0 bridgehead atoms. The molecular formula is C22H29F3N4O2. The number of carbonyl (C=O) groups excluding carboxylic acids is 2. The Kier molecular flexibility index (Phi) is 7.89. The molecule has 0 fully saturated rings. The number of urea groups is 1. The van der Waals surface area contributed by atoms with E-state index in [1.54, 1.807) is 25.1 Å². The number of hydrogen-bond donors (Lipinski definition) is 3. The maximum atomic E-state index is 13.7. The molecule has 2 rings (SSSR count). The first-order valence-electron chi connectivity index (χ1n) is 10.2. The van der Waals surface area contributed by atoms with E-state index in [0.717, 1.165) is 19.2 Å². The highest BCUT2D eigenvalue weighted by Gasteiger charge is 2.38. The third-order valence-electron chi connectivity index (χ3n) is 5.49. The van der Waals surface area contributed by atoms with Crippen molar-refractivity contribution in [3.63, 3.8) is 0 Å². The van der Waals surface area contributed by atoms with Crippen molar-refractivity contribution in [2.45, 2.75) is 38.8 Å². The van der Waals surface area contributed by atoms with E-state index in [2.05, 4.69) is 15.5 Å². The van der Waals surface area contributed by atoms with Crippen LogP contribution in [-0.4, -0.2) is 43.0 Å². The van der Waals surface area contributed by atoms with Gasteiger partial charge < -0.3 is 21.3 Å². The fraction of sp³-hybridized carbons (Fsp3) is 0.455. The van der Waals surface area contributed by atoms with Crippen molar-refractivity contribution in [1.82, 2.24) is 10.2 Å². The zero-order valence-corrected chi connectivity index (χ0v) is 18.0. The first-order valence-corrected chi connectivity index (χ1v) is 10.2. The summed E-state index contributed by atoms with van der Waals surface area (Å²) in [6.07, 6.45) is 0.354. The lowest BCUT2D eigenvalue weighted by atomic mass is 9.74. The van der Waals surface area contributed by atoms with Gasteiger partial charge in [-0.2, -0.15) is 13.2 Å². The Morgan fingerprint density at radius 3 is 2.42 bits per heavy atom. The predicted octanol–water partition coefficient (Wildman–Crippen LogP) is 3.80. The number of nitrogens with zero attached hydrogens (tertiary/aromatic N) is 1. The second-order valence-corrected chi connectivity index (χ2v) is 7.61. The van der Waals surface area contributed by atoms with Crippen molar-refractivity contribution < 1.29 is 22.8 Å². The summed E-state index contributed by atoms with van der Waals surface area (Å²) in [6, 6.07) is 3.10. The summed E-state index contributed by atoms with van der Waals surface area (Å²) in [4.78, 5) is 25.9. The Morgan fingerprint density at radius 2 is 1.90 bits per heavy atom. The Bertz CT molecular complexity index is 876. The summed E-state index contributed by atoms with van der Waals surface area (Å²) in [5.41, 5.74) is 3.81. The number of nitrogens with two attached hydrogens (primary N) is 1. The van der Waals surface area contributed by atoms with E-state index in [4.69, 9.17) is 5.73 Å². The van der Waals surface area contributed by atoms with Crippen molar-refractivity contribution in [1.29, 1.82) is 0 Å². The fourth-order valence-corrected chi connectivity index (χ4v) is 3.54. The van der Waals surface area contributed by atoms with Gasteiger partial charge >= 0.3 is 12.2 Å². The summed E-state index contributed by atoms with van der Waals surface area (Å²) in [5, 5.41) is 5.04. The lowest BCUT2D eigenvalue weighted by molar-refractivity contribution is -0.137. The number of alkyl halides is 3. The van der Waals surface area contributed by atoms with Crippen LogP contribution in [0.3, 0.4) is 0 Å². The van der Waals surface area contributed by atoms with Gasteiger partial charge in [-0.3, -0.25) is 4.79 Å². The zero-order valence-electron chi connectivity index (χ0n) is 18.0. The molecule has 1 aliphatic carbocycles. The van der Waals surface area contributed by atoms with E-state index < -0.39 is 29.1 Å². The van der Waals surface area contributed by atoms with E-state index in [0.29, 0.717) is 24.2 Å². The van der Waals surface area contributed by atoms with E-state index in [9.17, 15) is 22.8 Å². The number of anilines is 1. The number of halogens is 3. The van der Waals surface area contributed by atoms with Crippen LogP contribution in [0, 0.1) is 0 Å². The molecule has 0 saturated heterocycles.